The van der Waals surface area contributed by atoms with Gasteiger partial charge in [0.15, 0.2) is 0 Å². The average molecular weight is 222 g/mol. The van der Waals surface area contributed by atoms with E-state index in [1.165, 1.54) is 0 Å². The number of amides is 1. The maximum absolute atomic E-state index is 11.3. The number of anilines is 1. The third kappa shape index (κ3) is 4.31. The highest BCUT2D eigenvalue weighted by Crippen LogP contribution is 2.10. The van der Waals surface area contributed by atoms with E-state index in [-0.39, 0.29) is 12.7 Å². The van der Waals surface area contributed by atoms with E-state index in [4.69, 9.17) is 4.74 Å². The molecule has 1 aromatic rings. The lowest BCUT2D eigenvalue weighted by molar-refractivity contribution is 0.130. The Morgan fingerprint density at radius 2 is 1.94 bits per heavy atom. The summed E-state index contributed by atoms with van der Waals surface area (Å²) in [7, 11) is 0. The lowest BCUT2D eigenvalue weighted by Crippen LogP contribution is -2.17. The van der Waals surface area contributed by atoms with E-state index in [9.17, 15) is 9.90 Å². The Bertz CT molecular complexity index is 333. The predicted octanol–water partition coefficient (Wildman–Crippen LogP) is 2.62. The molecule has 1 aromatic carbocycles. The minimum absolute atomic E-state index is 0.123. The van der Waals surface area contributed by atoms with Crippen LogP contribution in [0.5, 0.6) is 0 Å². The van der Waals surface area contributed by atoms with Gasteiger partial charge in [-0.1, -0.05) is 12.1 Å². The fraction of sp³-hybridized carbons (Fsp3) is 0.417. The Hall–Kier alpha value is -1.55. The van der Waals surface area contributed by atoms with Crippen LogP contribution < -0.4 is 5.32 Å². The zero-order valence-corrected chi connectivity index (χ0v) is 9.53. The molecule has 1 rings (SSSR count). The molecule has 4 heteroatoms. The smallest absolute Gasteiger partial charge is 0.411 e. The number of carbonyl (C=O) groups excluding carboxylic acids is 1. The molecule has 0 heterocycles. The first-order chi connectivity index (χ1) is 7.61. The first kappa shape index (κ1) is 12.5. The molecule has 0 aliphatic heterocycles. The first-order valence-electron chi connectivity index (χ1n) is 5.26. The molecule has 0 fully saturated rings. The topological polar surface area (TPSA) is 58.2 Å². The normalized spacial score (nSPS) is 10.2. The van der Waals surface area contributed by atoms with Crippen LogP contribution in [0.3, 0.4) is 0 Å². The van der Waals surface area contributed by atoms with E-state index in [2.05, 4.69) is 5.32 Å². The van der Waals surface area contributed by atoms with Crippen molar-refractivity contribution in [3.8, 4) is 0 Å². The zero-order valence-electron chi connectivity index (χ0n) is 9.53. The minimum atomic E-state index is -0.466. The predicted molar refractivity (Wildman–Crippen MR) is 60.9 cm³/mol. The molecule has 4 nitrogen and oxygen atoms in total. The summed E-state index contributed by atoms with van der Waals surface area (Å²) in [4.78, 5) is 11.3. The van der Waals surface area contributed by atoms with E-state index in [1.54, 1.807) is 26.0 Å². The number of benzene rings is 1. The summed E-state index contributed by atoms with van der Waals surface area (Å²) in [6.07, 6.45) is -0.0946. The van der Waals surface area contributed by atoms with Crippen molar-refractivity contribution in [1.82, 2.24) is 0 Å². The largest absolute Gasteiger partial charge is 0.447 e. The van der Waals surface area contributed by atoms with Gasteiger partial charge in [0.05, 0.1) is 12.7 Å². The molecule has 16 heavy (non-hydrogen) atoms. The number of rotatable bonds is 4. The Morgan fingerprint density at radius 1 is 1.31 bits per heavy atom. The van der Waals surface area contributed by atoms with Crippen molar-refractivity contribution in [3.63, 3.8) is 0 Å². The lowest BCUT2D eigenvalue weighted by Gasteiger charge is -2.09. The summed E-state index contributed by atoms with van der Waals surface area (Å²) in [5.74, 6) is 0. The third-order valence-electron chi connectivity index (χ3n) is 1.93. The van der Waals surface area contributed by atoms with E-state index in [1.807, 2.05) is 12.1 Å². The van der Waals surface area contributed by atoms with Crippen LogP contribution in [0.25, 0.3) is 0 Å². The van der Waals surface area contributed by atoms with E-state index in [0.717, 1.165) is 5.56 Å². The molecule has 0 unspecified atom stereocenters. The number of carbonyl (C=O) groups is 1. The van der Waals surface area contributed by atoms with Gasteiger partial charge in [-0.05, 0) is 38.0 Å². The highest BCUT2D eigenvalue weighted by atomic mass is 16.6. The number of hydrogen-bond acceptors (Lipinski definition) is 2. The average Bonchev–Trinajstić information content (AvgIpc) is 2.20. The summed E-state index contributed by atoms with van der Waals surface area (Å²) >= 11 is 0. The molecule has 0 spiro atoms. The first-order valence-corrected chi connectivity index (χ1v) is 5.26. The van der Waals surface area contributed by atoms with Gasteiger partial charge in [-0.25, -0.2) is 9.90 Å². The molecular weight excluding hydrogens is 206 g/mol. The molecule has 0 atom stereocenters. The molecule has 0 aliphatic carbocycles. The molecular formula is C12H16NO3. The molecule has 1 N–H and O–H groups in total. The van der Waals surface area contributed by atoms with Crippen molar-refractivity contribution < 1.29 is 14.6 Å². The monoisotopic (exact) mass is 222 g/mol. The number of hydrogen-bond donors (Lipinski definition) is 1. The summed E-state index contributed by atoms with van der Waals surface area (Å²) in [5.41, 5.74) is 1.64. The Morgan fingerprint density at radius 3 is 2.44 bits per heavy atom. The second-order valence-electron chi connectivity index (χ2n) is 3.73. The SMILES string of the molecule is CC(C)OC(=O)Nc1ccc(CC[O])cc1. The van der Waals surface area contributed by atoms with Gasteiger partial charge in [-0.15, -0.1) is 0 Å². The van der Waals surface area contributed by atoms with Crippen LogP contribution in [-0.4, -0.2) is 18.8 Å². The van der Waals surface area contributed by atoms with Gasteiger partial charge in [0, 0.05) is 5.69 Å². The Kier molecular flexibility index (Phi) is 4.79. The summed E-state index contributed by atoms with van der Waals surface area (Å²) in [6, 6.07) is 7.16. The van der Waals surface area contributed by atoms with Crippen molar-refractivity contribution in [2.45, 2.75) is 26.4 Å². The van der Waals surface area contributed by atoms with Crippen LogP contribution in [-0.2, 0) is 16.3 Å². The van der Waals surface area contributed by atoms with E-state index in [0.29, 0.717) is 12.1 Å². The fourth-order valence-corrected chi connectivity index (χ4v) is 1.23. The molecule has 87 valence electrons. The van der Waals surface area contributed by atoms with E-state index >= 15 is 0 Å². The quantitative estimate of drug-likeness (QED) is 0.851. The van der Waals surface area contributed by atoms with Crippen molar-refractivity contribution >= 4 is 11.8 Å². The minimum Gasteiger partial charge on any atom is -0.447 e. The highest BCUT2D eigenvalue weighted by Gasteiger charge is 2.04. The van der Waals surface area contributed by atoms with Gasteiger partial charge in [0.25, 0.3) is 0 Å². The summed E-state index contributed by atoms with van der Waals surface area (Å²) in [6.45, 7) is 3.45. The standard InChI is InChI=1S/C12H16NO3/c1-9(2)16-12(15)13-11-5-3-10(4-6-11)7-8-14/h3-6,9H,7-8H2,1-2H3,(H,13,15). The summed E-state index contributed by atoms with van der Waals surface area (Å²) in [5, 5.41) is 13.0. The zero-order chi connectivity index (χ0) is 12.0. The summed E-state index contributed by atoms with van der Waals surface area (Å²) < 4.78 is 4.93. The van der Waals surface area contributed by atoms with Gasteiger partial charge >= 0.3 is 6.09 Å². The van der Waals surface area contributed by atoms with Crippen LogP contribution >= 0.6 is 0 Å². The van der Waals surface area contributed by atoms with Crippen LogP contribution in [0.15, 0.2) is 24.3 Å². The van der Waals surface area contributed by atoms with Gasteiger partial charge in [-0.2, -0.15) is 0 Å². The fourth-order valence-electron chi connectivity index (χ4n) is 1.23. The van der Waals surface area contributed by atoms with Crippen molar-refractivity contribution in [2.75, 3.05) is 11.9 Å². The van der Waals surface area contributed by atoms with Crippen LogP contribution in [0.1, 0.15) is 19.4 Å². The molecule has 0 saturated heterocycles. The number of nitrogens with one attached hydrogen (secondary N) is 1. The molecule has 0 bridgehead atoms. The van der Waals surface area contributed by atoms with Crippen LogP contribution in [0.4, 0.5) is 10.5 Å². The second-order valence-corrected chi connectivity index (χ2v) is 3.73. The van der Waals surface area contributed by atoms with Gasteiger partial charge < -0.3 is 4.74 Å². The molecule has 0 saturated carbocycles. The van der Waals surface area contributed by atoms with E-state index < -0.39 is 6.09 Å². The van der Waals surface area contributed by atoms with Crippen LogP contribution in [0, 0.1) is 0 Å². The maximum Gasteiger partial charge on any atom is 0.411 e. The lowest BCUT2D eigenvalue weighted by atomic mass is 10.1. The van der Waals surface area contributed by atoms with Crippen molar-refractivity contribution in [1.29, 1.82) is 0 Å². The number of ether oxygens (including phenoxy) is 1. The molecule has 1 amide bonds. The van der Waals surface area contributed by atoms with Crippen molar-refractivity contribution in [2.24, 2.45) is 0 Å². The molecule has 1 radical (unpaired) electrons. The highest BCUT2D eigenvalue weighted by molar-refractivity contribution is 5.84. The second kappa shape index (κ2) is 6.12. The third-order valence-corrected chi connectivity index (χ3v) is 1.93. The van der Waals surface area contributed by atoms with Gasteiger partial charge in [0.2, 0.25) is 0 Å². The Balaban J connectivity index is 2.51. The molecule has 0 aliphatic rings. The van der Waals surface area contributed by atoms with Gasteiger partial charge in [0.1, 0.15) is 0 Å². The van der Waals surface area contributed by atoms with Crippen molar-refractivity contribution in [3.05, 3.63) is 29.8 Å². The Labute approximate surface area is 95.2 Å². The maximum atomic E-state index is 11.3. The van der Waals surface area contributed by atoms with Crippen LogP contribution in [0.2, 0.25) is 0 Å². The molecule has 0 aromatic heterocycles. The van der Waals surface area contributed by atoms with Gasteiger partial charge in [-0.3, -0.25) is 5.32 Å².